The predicted molar refractivity (Wildman–Crippen MR) is 83.0 cm³/mol. The lowest BCUT2D eigenvalue weighted by atomic mass is 10.1. The second kappa shape index (κ2) is 7.08. The third kappa shape index (κ3) is 3.97. The van der Waals surface area contributed by atoms with Gasteiger partial charge in [0.25, 0.3) is 5.69 Å². The molecule has 1 heterocycles. The Morgan fingerprint density at radius 1 is 1.52 bits per heavy atom. The average Bonchev–Trinajstić information content (AvgIpc) is 2.89. The number of benzene rings is 1. The molecule has 1 aliphatic heterocycles. The van der Waals surface area contributed by atoms with Crippen LogP contribution < -0.4 is 5.32 Å². The number of nitro groups is 1. The fraction of sp³-hybridized carbons (Fsp3) is 0.467. The van der Waals surface area contributed by atoms with E-state index in [4.69, 9.17) is 0 Å². The maximum absolute atomic E-state index is 11.8. The molecular weight excluding hydrogens is 302 g/mol. The van der Waals surface area contributed by atoms with E-state index >= 15 is 0 Å². The summed E-state index contributed by atoms with van der Waals surface area (Å²) < 4.78 is 4.66. The molecule has 1 atom stereocenters. The zero-order valence-electron chi connectivity index (χ0n) is 13.1. The molecule has 0 bridgehead atoms. The van der Waals surface area contributed by atoms with Crippen LogP contribution in [0, 0.1) is 23.0 Å². The summed E-state index contributed by atoms with van der Waals surface area (Å²) >= 11 is 0. The van der Waals surface area contributed by atoms with Gasteiger partial charge in [-0.05, 0) is 18.6 Å². The normalized spacial score (nSPS) is 17.2. The Labute approximate surface area is 133 Å². The first-order chi connectivity index (χ1) is 10.9. The number of amides is 1. The van der Waals surface area contributed by atoms with Gasteiger partial charge in [-0.25, -0.2) is 0 Å². The summed E-state index contributed by atoms with van der Waals surface area (Å²) in [4.78, 5) is 35.2. The van der Waals surface area contributed by atoms with Crippen LogP contribution in [0.4, 0.5) is 11.4 Å². The summed E-state index contributed by atoms with van der Waals surface area (Å²) in [6.45, 7) is 3.11. The van der Waals surface area contributed by atoms with Crippen LogP contribution in [0.2, 0.25) is 0 Å². The van der Waals surface area contributed by atoms with Crippen LogP contribution in [0.5, 0.6) is 0 Å². The van der Waals surface area contributed by atoms with Crippen LogP contribution in [-0.4, -0.2) is 48.4 Å². The number of nitro benzene ring substituents is 1. The molecule has 1 fully saturated rings. The topological polar surface area (TPSA) is 102 Å². The van der Waals surface area contributed by atoms with Gasteiger partial charge < -0.3 is 15.0 Å². The Kier molecular flexibility index (Phi) is 5.15. The van der Waals surface area contributed by atoms with Crippen molar-refractivity contribution in [1.29, 1.82) is 0 Å². The Hall–Kier alpha value is -2.64. The van der Waals surface area contributed by atoms with Gasteiger partial charge in [-0.15, -0.1) is 0 Å². The third-order valence-corrected chi connectivity index (χ3v) is 3.87. The van der Waals surface area contributed by atoms with Crippen molar-refractivity contribution in [3.8, 4) is 0 Å². The van der Waals surface area contributed by atoms with E-state index in [0.717, 1.165) is 11.3 Å². The highest BCUT2D eigenvalue weighted by atomic mass is 16.6. The van der Waals surface area contributed by atoms with Gasteiger partial charge in [0.1, 0.15) is 0 Å². The summed E-state index contributed by atoms with van der Waals surface area (Å²) in [5.74, 6) is -0.823. The van der Waals surface area contributed by atoms with Crippen molar-refractivity contribution in [2.24, 2.45) is 5.92 Å². The first-order valence-electron chi connectivity index (χ1n) is 7.27. The van der Waals surface area contributed by atoms with Gasteiger partial charge in [-0.3, -0.25) is 19.7 Å². The number of ether oxygens (including phenoxy) is 1. The van der Waals surface area contributed by atoms with Gasteiger partial charge in [-0.1, -0.05) is 0 Å². The number of anilines is 1. The number of methoxy groups -OCH3 is 1. The minimum absolute atomic E-state index is 0.0451. The number of hydrogen-bond acceptors (Lipinski definition) is 6. The molecule has 1 saturated heterocycles. The first-order valence-corrected chi connectivity index (χ1v) is 7.27. The molecule has 0 spiro atoms. The molecule has 1 aliphatic rings. The van der Waals surface area contributed by atoms with Gasteiger partial charge in [0.05, 0.1) is 18.0 Å². The number of carbonyl (C=O) groups excluding carboxylic acids is 2. The minimum Gasteiger partial charge on any atom is -0.469 e. The molecule has 23 heavy (non-hydrogen) atoms. The number of esters is 1. The van der Waals surface area contributed by atoms with Gasteiger partial charge >= 0.3 is 5.97 Å². The van der Waals surface area contributed by atoms with Crippen molar-refractivity contribution in [1.82, 2.24) is 4.90 Å². The van der Waals surface area contributed by atoms with E-state index in [0.29, 0.717) is 19.6 Å². The fourth-order valence-electron chi connectivity index (χ4n) is 2.60. The lowest BCUT2D eigenvalue weighted by molar-refractivity contribution is -0.384. The molecular formula is C15H19N3O5. The van der Waals surface area contributed by atoms with Gasteiger partial charge in [0, 0.05) is 43.9 Å². The lowest BCUT2D eigenvalue weighted by Gasteiger charge is -2.17. The monoisotopic (exact) mass is 321 g/mol. The molecule has 8 heteroatoms. The maximum Gasteiger partial charge on any atom is 0.310 e. The summed E-state index contributed by atoms with van der Waals surface area (Å²) in [6, 6.07) is 4.58. The number of nitrogens with zero attached hydrogens (tertiary/aromatic N) is 2. The first kappa shape index (κ1) is 16.7. The Balaban J connectivity index is 1.87. The molecule has 0 aliphatic carbocycles. The molecule has 8 nitrogen and oxygen atoms in total. The van der Waals surface area contributed by atoms with Crippen LogP contribution in [-0.2, 0) is 14.3 Å². The third-order valence-electron chi connectivity index (χ3n) is 3.87. The number of hydrogen-bond donors (Lipinski definition) is 1. The van der Waals surface area contributed by atoms with E-state index in [1.165, 1.54) is 19.2 Å². The number of nitrogens with one attached hydrogen (secondary N) is 1. The van der Waals surface area contributed by atoms with E-state index in [1.807, 2.05) is 0 Å². The number of rotatable bonds is 6. The zero-order chi connectivity index (χ0) is 17.0. The van der Waals surface area contributed by atoms with Crippen molar-refractivity contribution in [2.45, 2.75) is 13.3 Å². The minimum atomic E-state index is -0.438. The van der Waals surface area contributed by atoms with Gasteiger partial charge in [0.2, 0.25) is 5.91 Å². The predicted octanol–water partition coefficient (Wildman–Crippen LogP) is 1.34. The second-order valence-corrected chi connectivity index (χ2v) is 5.45. The highest BCUT2D eigenvalue weighted by Gasteiger charge is 2.34. The molecule has 0 aromatic heterocycles. The van der Waals surface area contributed by atoms with Crippen molar-refractivity contribution in [2.75, 3.05) is 32.1 Å². The summed E-state index contributed by atoms with van der Waals surface area (Å²) in [5.41, 5.74) is 1.59. The fourth-order valence-corrected chi connectivity index (χ4v) is 2.60. The Morgan fingerprint density at radius 2 is 2.26 bits per heavy atom. The Morgan fingerprint density at radius 3 is 2.87 bits per heavy atom. The van der Waals surface area contributed by atoms with Crippen molar-refractivity contribution < 1.29 is 19.2 Å². The summed E-state index contributed by atoms with van der Waals surface area (Å²) in [6.07, 6.45) is 0.184. The standard InChI is InChI=1S/C15H19N3O5/c1-10-7-12(18(21)22)3-4-13(10)16-5-6-17-9-11(8-14(17)19)15(20)23-2/h3-4,7,11,16H,5-6,8-9H2,1-2H3/t11-/m1/s1. The SMILES string of the molecule is COC(=O)[C@@H]1CC(=O)N(CCNc2ccc([N+](=O)[O-])cc2C)C1. The number of carbonyl (C=O) groups is 2. The molecule has 2 rings (SSSR count). The van der Waals surface area contributed by atoms with E-state index < -0.39 is 10.8 Å². The molecule has 124 valence electrons. The molecule has 0 saturated carbocycles. The van der Waals surface area contributed by atoms with Crippen molar-refractivity contribution >= 4 is 23.3 Å². The van der Waals surface area contributed by atoms with Crippen LogP contribution in [0.3, 0.4) is 0 Å². The Bertz CT molecular complexity index is 632. The van der Waals surface area contributed by atoms with E-state index in [-0.39, 0.29) is 24.0 Å². The lowest BCUT2D eigenvalue weighted by Crippen LogP contribution is -2.31. The number of likely N-dealkylation sites (tertiary alicyclic amines) is 1. The largest absolute Gasteiger partial charge is 0.469 e. The van der Waals surface area contributed by atoms with Gasteiger partial charge in [0.15, 0.2) is 0 Å². The molecule has 1 aromatic rings. The highest BCUT2D eigenvalue weighted by molar-refractivity contribution is 5.86. The van der Waals surface area contributed by atoms with Crippen molar-refractivity contribution in [3.05, 3.63) is 33.9 Å². The molecule has 0 unspecified atom stereocenters. The number of non-ortho nitro benzene ring substituents is 1. The quantitative estimate of drug-likeness (QED) is 0.482. The number of aryl methyl sites for hydroxylation is 1. The van der Waals surface area contributed by atoms with Gasteiger partial charge in [-0.2, -0.15) is 0 Å². The summed E-state index contributed by atoms with van der Waals surface area (Å²) in [5, 5.41) is 13.9. The van der Waals surface area contributed by atoms with Crippen LogP contribution >= 0.6 is 0 Å². The zero-order valence-corrected chi connectivity index (χ0v) is 13.1. The van der Waals surface area contributed by atoms with Crippen molar-refractivity contribution in [3.63, 3.8) is 0 Å². The van der Waals surface area contributed by atoms with E-state index in [9.17, 15) is 19.7 Å². The van der Waals surface area contributed by atoms with Crippen LogP contribution in [0.1, 0.15) is 12.0 Å². The molecule has 0 radical (unpaired) electrons. The highest BCUT2D eigenvalue weighted by Crippen LogP contribution is 2.22. The van der Waals surface area contributed by atoms with E-state index in [1.54, 1.807) is 17.9 Å². The molecule has 1 amide bonds. The van der Waals surface area contributed by atoms with Crippen LogP contribution in [0.15, 0.2) is 18.2 Å². The molecule has 1 N–H and O–H groups in total. The average molecular weight is 321 g/mol. The summed E-state index contributed by atoms with van der Waals surface area (Å²) in [7, 11) is 1.31. The van der Waals surface area contributed by atoms with E-state index in [2.05, 4.69) is 10.1 Å². The second-order valence-electron chi connectivity index (χ2n) is 5.45. The molecule has 1 aromatic carbocycles. The maximum atomic E-state index is 11.8. The van der Waals surface area contributed by atoms with Crippen LogP contribution in [0.25, 0.3) is 0 Å². The smallest absolute Gasteiger partial charge is 0.310 e.